The average molecular weight is 290 g/mol. The minimum absolute atomic E-state index is 0.0513. The summed E-state index contributed by atoms with van der Waals surface area (Å²) in [5.74, 6) is 0.545. The number of rotatable bonds is 4. The van der Waals surface area contributed by atoms with Crippen LogP contribution in [0.4, 0.5) is 0 Å². The van der Waals surface area contributed by atoms with Crippen molar-refractivity contribution in [2.75, 3.05) is 19.6 Å². The fraction of sp³-hybridized carbons (Fsp3) is 0.588. The Morgan fingerprint density at radius 1 is 1.43 bits per heavy atom. The maximum absolute atomic E-state index is 12.6. The Hall–Kier alpha value is -1.55. The molecule has 1 saturated heterocycles. The second-order valence-electron chi connectivity index (χ2n) is 5.84. The van der Waals surface area contributed by atoms with E-state index in [4.69, 9.17) is 0 Å². The molecule has 2 atom stereocenters. The number of likely N-dealkylation sites (tertiary alicyclic amines) is 1. The number of para-hydroxylation sites is 1. The summed E-state index contributed by atoms with van der Waals surface area (Å²) in [5.41, 5.74) is 1.17. The molecule has 0 saturated carbocycles. The van der Waals surface area contributed by atoms with Crippen LogP contribution in [-0.2, 0) is 0 Å². The largest absolute Gasteiger partial charge is 0.507 e. The lowest BCUT2D eigenvalue weighted by Crippen LogP contribution is -2.50. The number of phenols is 1. The number of carbonyl (C=O) groups excluding carboxylic acids is 1. The first-order valence-electron chi connectivity index (χ1n) is 7.89. The van der Waals surface area contributed by atoms with Gasteiger partial charge in [-0.25, -0.2) is 0 Å². The smallest absolute Gasteiger partial charge is 0.257 e. The molecular formula is C17H26N2O2. The molecule has 4 heteroatoms. The van der Waals surface area contributed by atoms with Gasteiger partial charge < -0.3 is 15.3 Å². The summed E-state index contributed by atoms with van der Waals surface area (Å²) in [4.78, 5) is 14.5. The molecule has 1 fully saturated rings. The number of nitrogens with zero attached hydrogens (tertiary/aromatic N) is 1. The fourth-order valence-electron chi connectivity index (χ4n) is 3.16. The highest BCUT2D eigenvalue weighted by Crippen LogP contribution is 2.26. The Morgan fingerprint density at radius 2 is 2.19 bits per heavy atom. The van der Waals surface area contributed by atoms with E-state index in [1.165, 1.54) is 0 Å². The highest BCUT2D eigenvalue weighted by atomic mass is 16.3. The van der Waals surface area contributed by atoms with Gasteiger partial charge in [-0.3, -0.25) is 4.79 Å². The number of benzene rings is 1. The molecule has 0 radical (unpaired) electrons. The summed E-state index contributed by atoms with van der Waals surface area (Å²) < 4.78 is 0. The van der Waals surface area contributed by atoms with Gasteiger partial charge in [-0.15, -0.1) is 0 Å². The van der Waals surface area contributed by atoms with Crippen molar-refractivity contribution in [2.24, 2.45) is 5.92 Å². The molecule has 0 bridgehead atoms. The first kappa shape index (κ1) is 15.8. The summed E-state index contributed by atoms with van der Waals surface area (Å²) in [6.07, 6.45) is 2.03. The Labute approximate surface area is 127 Å². The number of carbonyl (C=O) groups is 1. The molecular weight excluding hydrogens is 264 g/mol. The number of amides is 1. The molecule has 116 valence electrons. The zero-order valence-corrected chi connectivity index (χ0v) is 13.2. The lowest BCUT2D eigenvalue weighted by molar-refractivity contribution is 0.0625. The van der Waals surface area contributed by atoms with Crippen LogP contribution >= 0.6 is 0 Å². The van der Waals surface area contributed by atoms with Gasteiger partial charge in [0.1, 0.15) is 5.75 Å². The van der Waals surface area contributed by atoms with Crippen molar-refractivity contribution >= 4 is 5.91 Å². The Kier molecular flexibility index (Phi) is 5.23. The van der Waals surface area contributed by atoms with Crippen LogP contribution in [0.25, 0.3) is 0 Å². The van der Waals surface area contributed by atoms with E-state index in [0.717, 1.165) is 38.0 Å². The molecule has 0 aromatic heterocycles. The molecule has 1 aliphatic rings. The van der Waals surface area contributed by atoms with Gasteiger partial charge in [0, 0.05) is 19.1 Å². The minimum Gasteiger partial charge on any atom is -0.507 e. The van der Waals surface area contributed by atoms with Crippen LogP contribution in [0.3, 0.4) is 0 Å². The standard InChI is InChI=1S/C17H26N2O2/c1-4-13-11-19(10-9-15(13)18-5-2)17(21)14-8-6-7-12(3)16(14)20/h6-8,13,15,18,20H,4-5,9-11H2,1-3H3. The second-order valence-corrected chi connectivity index (χ2v) is 5.84. The minimum atomic E-state index is -0.0513. The van der Waals surface area contributed by atoms with Gasteiger partial charge in [0.05, 0.1) is 5.56 Å². The quantitative estimate of drug-likeness (QED) is 0.896. The van der Waals surface area contributed by atoms with Crippen molar-refractivity contribution in [1.29, 1.82) is 0 Å². The summed E-state index contributed by atoms with van der Waals surface area (Å²) in [6, 6.07) is 5.85. The van der Waals surface area contributed by atoms with E-state index < -0.39 is 0 Å². The van der Waals surface area contributed by atoms with Crippen LogP contribution in [0.2, 0.25) is 0 Å². The van der Waals surface area contributed by atoms with Crippen molar-refractivity contribution in [3.8, 4) is 5.75 Å². The van der Waals surface area contributed by atoms with Crippen LogP contribution in [0, 0.1) is 12.8 Å². The van der Waals surface area contributed by atoms with E-state index in [2.05, 4.69) is 19.2 Å². The summed E-state index contributed by atoms with van der Waals surface area (Å²) in [6.45, 7) is 8.59. The monoisotopic (exact) mass is 290 g/mol. The van der Waals surface area contributed by atoms with Gasteiger partial charge >= 0.3 is 0 Å². The molecule has 2 N–H and O–H groups in total. The van der Waals surface area contributed by atoms with E-state index in [0.29, 0.717) is 17.5 Å². The maximum atomic E-state index is 12.6. The number of piperidine rings is 1. The van der Waals surface area contributed by atoms with Crippen LogP contribution < -0.4 is 5.32 Å². The van der Waals surface area contributed by atoms with E-state index in [1.807, 2.05) is 24.0 Å². The summed E-state index contributed by atoms with van der Waals surface area (Å²) in [7, 11) is 0. The summed E-state index contributed by atoms with van der Waals surface area (Å²) >= 11 is 0. The van der Waals surface area contributed by atoms with Crippen molar-refractivity contribution in [3.63, 3.8) is 0 Å². The van der Waals surface area contributed by atoms with Crippen molar-refractivity contribution < 1.29 is 9.90 Å². The first-order chi connectivity index (χ1) is 10.1. The van der Waals surface area contributed by atoms with Gasteiger partial charge in [-0.1, -0.05) is 32.4 Å². The van der Waals surface area contributed by atoms with E-state index >= 15 is 0 Å². The third kappa shape index (κ3) is 3.38. The lowest BCUT2D eigenvalue weighted by atomic mass is 9.89. The SMILES string of the molecule is CCNC1CCN(C(=O)c2cccc(C)c2O)CC1CC. The number of aromatic hydroxyl groups is 1. The molecule has 1 aromatic rings. The zero-order chi connectivity index (χ0) is 15.4. The van der Waals surface area contributed by atoms with Gasteiger partial charge in [0.2, 0.25) is 0 Å². The van der Waals surface area contributed by atoms with Gasteiger partial charge in [0.25, 0.3) is 5.91 Å². The van der Waals surface area contributed by atoms with E-state index in [9.17, 15) is 9.90 Å². The van der Waals surface area contributed by atoms with Crippen molar-refractivity contribution in [2.45, 2.75) is 39.7 Å². The highest BCUT2D eigenvalue weighted by molar-refractivity contribution is 5.97. The second kappa shape index (κ2) is 6.94. The third-order valence-electron chi connectivity index (χ3n) is 4.48. The van der Waals surface area contributed by atoms with E-state index in [1.54, 1.807) is 6.07 Å². The highest BCUT2D eigenvalue weighted by Gasteiger charge is 2.31. The zero-order valence-electron chi connectivity index (χ0n) is 13.2. The predicted octanol–water partition coefficient (Wildman–Crippen LogP) is 2.55. The number of nitrogens with one attached hydrogen (secondary N) is 1. The van der Waals surface area contributed by atoms with Gasteiger partial charge in [-0.2, -0.15) is 0 Å². The van der Waals surface area contributed by atoms with Crippen LogP contribution in [0.15, 0.2) is 18.2 Å². The average Bonchev–Trinajstić information content (AvgIpc) is 2.50. The van der Waals surface area contributed by atoms with Crippen molar-refractivity contribution in [1.82, 2.24) is 10.2 Å². The summed E-state index contributed by atoms with van der Waals surface area (Å²) in [5, 5.41) is 13.6. The molecule has 1 heterocycles. The Balaban J connectivity index is 2.12. The van der Waals surface area contributed by atoms with Crippen molar-refractivity contribution in [3.05, 3.63) is 29.3 Å². The molecule has 1 aliphatic heterocycles. The predicted molar refractivity (Wildman–Crippen MR) is 84.6 cm³/mol. The van der Waals surface area contributed by atoms with E-state index in [-0.39, 0.29) is 11.7 Å². The normalized spacial score (nSPS) is 22.3. The Bertz CT molecular complexity index is 502. The van der Waals surface area contributed by atoms with Crippen LogP contribution in [0.5, 0.6) is 5.75 Å². The number of phenolic OH excluding ortho intramolecular Hbond substituents is 1. The van der Waals surface area contributed by atoms with Crippen LogP contribution in [0.1, 0.15) is 42.6 Å². The topological polar surface area (TPSA) is 52.6 Å². The number of hydrogen-bond donors (Lipinski definition) is 2. The molecule has 4 nitrogen and oxygen atoms in total. The molecule has 2 unspecified atom stereocenters. The third-order valence-corrected chi connectivity index (χ3v) is 4.48. The molecule has 0 spiro atoms. The first-order valence-corrected chi connectivity index (χ1v) is 7.89. The molecule has 0 aliphatic carbocycles. The molecule has 1 amide bonds. The van der Waals surface area contributed by atoms with Gasteiger partial charge in [-0.05, 0) is 37.4 Å². The fourth-order valence-corrected chi connectivity index (χ4v) is 3.16. The number of hydrogen-bond acceptors (Lipinski definition) is 3. The van der Waals surface area contributed by atoms with Crippen LogP contribution in [-0.4, -0.2) is 41.6 Å². The molecule has 21 heavy (non-hydrogen) atoms. The number of aryl methyl sites for hydroxylation is 1. The van der Waals surface area contributed by atoms with Gasteiger partial charge in [0.15, 0.2) is 0 Å². The molecule has 2 rings (SSSR count). The maximum Gasteiger partial charge on any atom is 0.257 e. The Morgan fingerprint density at radius 3 is 2.86 bits per heavy atom. The lowest BCUT2D eigenvalue weighted by Gasteiger charge is -2.38. The molecule has 1 aromatic carbocycles.